The molecule has 0 bridgehead atoms. The van der Waals surface area contributed by atoms with Crippen LogP contribution in [0.4, 0.5) is 11.4 Å². The lowest BCUT2D eigenvalue weighted by Crippen LogP contribution is -2.36. The van der Waals surface area contributed by atoms with Gasteiger partial charge in [0.2, 0.25) is 0 Å². The van der Waals surface area contributed by atoms with Crippen molar-refractivity contribution in [3.8, 4) is 0 Å². The average molecular weight is 498 g/mol. The monoisotopic (exact) mass is 497 g/mol. The van der Waals surface area contributed by atoms with Crippen molar-refractivity contribution in [2.45, 2.75) is 52.5 Å². The molecule has 3 N–H and O–H groups in total. The first-order valence-corrected chi connectivity index (χ1v) is 12.8. The van der Waals surface area contributed by atoms with Gasteiger partial charge in [-0.15, -0.1) is 5.53 Å². The number of likely N-dealkylation sites (tertiary alicyclic amines) is 1. The first kappa shape index (κ1) is 24.9. The quantitative estimate of drug-likeness (QED) is 0.453. The molecule has 192 valence electrons. The first-order valence-electron chi connectivity index (χ1n) is 12.8. The van der Waals surface area contributed by atoms with Gasteiger partial charge in [0.1, 0.15) is 6.33 Å². The summed E-state index contributed by atoms with van der Waals surface area (Å²) in [7, 11) is 0. The van der Waals surface area contributed by atoms with E-state index in [0.717, 1.165) is 47.8 Å². The topological polar surface area (TPSA) is 85.4 Å². The summed E-state index contributed by atoms with van der Waals surface area (Å²) >= 11 is 0. The van der Waals surface area contributed by atoms with E-state index in [1.807, 2.05) is 48.5 Å². The number of hydrogen-bond acceptors (Lipinski definition) is 7. The predicted octanol–water partition coefficient (Wildman–Crippen LogP) is 4.76. The lowest BCUT2D eigenvalue weighted by Gasteiger charge is -2.23. The molecule has 3 heterocycles. The second-order valence-electron chi connectivity index (χ2n) is 10.9. The molecular formula is C29H35N7O. The third kappa shape index (κ3) is 5.81. The zero-order valence-electron chi connectivity index (χ0n) is 22.0. The van der Waals surface area contributed by atoms with E-state index in [-0.39, 0.29) is 11.3 Å². The Hall–Kier alpha value is -3.75. The first-order chi connectivity index (χ1) is 17.8. The molecule has 0 radical (unpaired) electrons. The Balaban J connectivity index is 1.37. The minimum atomic E-state index is -0.103. The SMILES string of the molecule is Cc1ccc(NC(=O)c2cc(CN3CCCC3)cc(C(C)(C)C)c2)cc1N1C=C(c2cncnc2)NN1. The van der Waals surface area contributed by atoms with Gasteiger partial charge in [-0.2, -0.15) is 0 Å². The zero-order chi connectivity index (χ0) is 26.0. The Kier molecular flexibility index (Phi) is 6.95. The van der Waals surface area contributed by atoms with E-state index in [4.69, 9.17) is 0 Å². The van der Waals surface area contributed by atoms with Crippen LogP contribution in [0.1, 0.15) is 66.2 Å². The van der Waals surface area contributed by atoms with Crippen molar-refractivity contribution < 1.29 is 4.79 Å². The highest BCUT2D eigenvalue weighted by Gasteiger charge is 2.21. The van der Waals surface area contributed by atoms with E-state index < -0.39 is 0 Å². The molecule has 1 saturated heterocycles. The number of aromatic nitrogens is 2. The molecule has 0 spiro atoms. The summed E-state index contributed by atoms with van der Waals surface area (Å²) in [5.41, 5.74) is 13.8. The number of amides is 1. The van der Waals surface area contributed by atoms with Crippen LogP contribution in [0.3, 0.4) is 0 Å². The number of aryl methyl sites for hydroxylation is 1. The van der Waals surface area contributed by atoms with Crippen LogP contribution in [0.25, 0.3) is 5.70 Å². The highest BCUT2D eigenvalue weighted by atomic mass is 16.1. The number of benzene rings is 2. The van der Waals surface area contributed by atoms with Crippen molar-refractivity contribution in [2.75, 3.05) is 23.4 Å². The maximum absolute atomic E-state index is 13.4. The summed E-state index contributed by atoms with van der Waals surface area (Å²) in [5, 5.41) is 5.01. The molecule has 1 amide bonds. The average Bonchev–Trinajstić information content (AvgIpc) is 3.58. The molecule has 1 aromatic heterocycles. The van der Waals surface area contributed by atoms with Gasteiger partial charge in [-0.25, -0.2) is 9.97 Å². The van der Waals surface area contributed by atoms with Crippen molar-refractivity contribution in [3.05, 3.63) is 89.1 Å². The lowest BCUT2D eigenvalue weighted by molar-refractivity contribution is 0.102. The van der Waals surface area contributed by atoms with E-state index >= 15 is 0 Å². The number of hydrazine groups is 2. The molecule has 2 aliphatic rings. The summed E-state index contributed by atoms with van der Waals surface area (Å²) in [6.45, 7) is 11.7. The Bertz CT molecular complexity index is 1310. The number of nitrogens with zero attached hydrogens (tertiary/aromatic N) is 4. The van der Waals surface area contributed by atoms with E-state index in [1.165, 1.54) is 30.3 Å². The Labute approximate surface area is 218 Å². The van der Waals surface area contributed by atoms with E-state index in [9.17, 15) is 4.79 Å². The normalized spacial score (nSPS) is 16.0. The van der Waals surface area contributed by atoms with Gasteiger partial charge in [-0.05, 0) is 79.2 Å². The molecule has 8 heteroatoms. The molecule has 5 rings (SSSR count). The Morgan fingerprint density at radius 2 is 1.81 bits per heavy atom. The standard InChI is InChI=1S/C29H35N7O/c1-20-7-8-25(14-27(20)36-18-26(33-34-36)23-15-30-19-31-16-23)32-28(37)22-11-21(17-35-9-5-6-10-35)12-24(13-22)29(2,3)4/h7-8,11-16,18-19,33-34H,5-6,9-10,17H2,1-4H3,(H,32,37). The van der Waals surface area contributed by atoms with Crippen LogP contribution in [0.15, 0.2) is 61.3 Å². The van der Waals surface area contributed by atoms with Crippen molar-refractivity contribution in [2.24, 2.45) is 0 Å². The summed E-state index contributed by atoms with van der Waals surface area (Å²) in [6.07, 6.45) is 9.46. The fourth-order valence-corrected chi connectivity index (χ4v) is 4.73. The van der Waals surface area contributed by atoms with Crippen LogP contribution in [0.5, 0.6) is 0 Å². The van der Waals surface area contributed by atoms with E-state index in [0.29, 0.717) is 5.56 Å². The molecule has 0 unspecified atom stereocenters. The summed E-state index contributed by atoms with van der Waals surface area (Å²) in [6, 6.07) is 12.2. The van der Waals surface area contributed by atoms with Crippen LogP contribution in [-0.4, -0.2) is 33.9 Å². The van der Waals surface area contributed by atoms with Gasteiger partial charge in [0, 0.05) is 42.0 Å². The minimum absolute atomic E-state index is 0.0463. The largest absolute Gasteiger partial charge is 0.322 e. The van der Waals surface area contributed by atoms with E-state index in [2.05, 4.69) is 58.0 Å². The number of carbonyl (C=O) groups excluding carboxylic acids is 1. The maximum Gasteiger partial charge on any atom is 0.255 e. The zero-order valence-corrected chi connectivity index (χ0v) is 22.0. The molecule has 8 nitrogen and oxygen atoms in total. The molecule has 2 aliphatic heterocycles. The van der Waals surface area contributed by atoms with Gasteiger partial charge in [0.05, 0.1) is 11.4 Å². The van der Waals surface area contributed by atoms with Gasteiger partial charge in [0.15, 0.2) is 0 Å². The van der Waals surface area contributed by atoms with Gasteiger partial charge < -0.3 is 10.7 Å². The van der Waals surface area contributed by atoms with Crippen molar-refractivity contribution in [3.63, 3.8) is 0 Å². The Morgan fingerprint density at radius 1 is 1.05 bits per heavy atom. The number of rotatable bonds is 6. The summed E-state index contributed by atoms with van der Waals surface area (Å²) in [5.74, 6) is -0.103. The molecule has 3 aromatic rings. The highest BCUT2D eigenvalue weighted by Crippen LogP contribution is 2.29. The van der Waals surface area contributed by atoms with Gasteiger partial charge in [0.25, 0.3) is 5.91 Å². The molecule has 0 saturated carbocycles. The number of hydrogen-bond donors (Lipinski definition) is 3. The summed E-state index contributed by atoms with van der Waals surface area (Å²) in [4.78, 5) is 24.1. The summed E-state index contributed by atoms with van der Waals surface area (Å²) < 4.78 is 0. The number of carbonyl (C=O) groups is 1. The van der Waals surface area contributed by atoms with Crippen LogP contribution in [-0.2, 0) is 12.0 Å². The molecule has 0 aliphatic carbocycles. The van der Waals surface area contributed by atoms with Crippen LogP contribution < -0.4 is 21.3 Å². The van der Waals surface area contributed by atoms with Crippen molar-refractivity contribution in [1.82, 2.24) is 25.8 Å². The lowest BCUT2D eigenvalue weighted by atomic mass is 9.85. The van der Waals surface area contributed by atoms with Crippen LogP contribution in [0.2, 0.25) is 0 Å². The second kappa shape index (κ2) is 10.3. The molecule has 0 atom stereocenters. The van der Waals surface area contributed by atoms with Gasteiger partial charge >= 0.3 is 0 Å². The number of nitrogens with one attached hydrogen (secondary N) is 3. The fourth-order valence-electron chi connectivity index (χ4n) is 4.73. The predicted molar refractivity (Wildman–Crippen MR) is 148 cm³/mol. The van der Waals surface area contributed by atoms with Gasteiger partial charge in [-0.1, -0.05) is 32.9 Å². The highest BCUT2D eigenvalue weighted by molar-refractivity contribution is 6.04. The minimum Gasteiger partial charge on any atom is -0.322 e. The van der Waals surface area contributed by atoms with E-state index in [1.54, 1.807) is 12.4 Å². The molecule has 2 aromatic carbocycles. The Morgan fingerprint density at radius 3 is 2.54 bits per heavy atom. The smallest absolute Gasteiger partial charge is 0.255 e. The third-order valence-electron chi connectivity index (χ3n) is 6.89. The molecule has 37 heavy (non-hydrogen) atoms. The molecule has 1 fully saturated rings. The second-order valence-corrected chi connectivity index (χ2v) is 10.9. The van der Waals surface area contributed by atoms with Crippen LogP contribution in [0, 0.1) is 6.92 Å². The number of anilines is 2. The third-order valence-corrected chi connectivity index (χ3v) is 6.89. The van der Waals surface area contributed by atoms with Gasteiger partial charge in [-0.3, -0.25) is 14.7 Å². The van der Waals surface area contributed by atoms with Crippen molar-refractivity contribution in [1.29, 1.82) is 0 Å². The fraction of sp³-hybridized carbons (Fsp3) is 0.345. The van der Waals surface area contributed by atoms with Crippen LogP contribution >= 0.6 is 0 Å². The van der Waals surface area contributed by atoms with Crippen molar-refractivity contribution >= 4 is 23.0 Å². The molecular weight excluding hydrogens is 462 g/mol. The maximum atomic E-state index is 13.4.